The van der Waals surface area contributed by atoms with Gasteiger partial charge in [0.2, 0.25) is 0 Å². The molecule has 1 aliphatic rings. The smallest absolute Gasteiger partial charge is 0.119 e. The van der Waals surface area contributed by atoms with Crippen LogP contribution in [0.25, 0.3) is 0 Å². The molecule has 0 unspecified atom stereocenters. The lowest BCUT2D eigenvalue weighted by Crippen LogP contribution is -2.27. The van der Waals surface area contributed by atoms with Crippen molar-refractivity contribution < 1.29 is 9.47 Å². The highest BCUT2D eigenvalue weighted by Gasteiger charge is 2.12. The zero-order chi connectivity index (χ0) is 10.5. The molecule has 1 N–H and O–H groups in total. The van der Waals surface area contributed by atoms with Crippen LogP contribution in [-0.2, 0) is 4.74 Å². The number of nitrogens with one attached hydrogen (secondary N) is 1. The Bertz CT molecular complexity index is 296. The van der Waals surface area contributed by atoms with E-state index in [4.69, 9.17) is 9.47 Å². The molecular weight excluding hydrogens is 226 g/mol. The lowest BCUT2D eigenvalue weighted by Gasteiger charge is -2.24. The average molecular weight is 244 g/mol. The summed E-state index contributed by atoms with van der Waals surface area (Å²) in [4.78, 5) is 0. The van der Waals surface area contributed by atoms with E-state index >= 15 is 0 Å². The molecular formula is C12H18ClNO2. The fraction of sp³-hybridized carbons (Fsp3) is 0.500. The minimum atomic E-state index is 0. The van der Waals surface area contributed by atoms with E-state index in [1.54, 1.807) is 7.11 Å². The Morgan fingerprint density at radius 2 is 1.81 bits per heavy atom. The molecule has 1 fully saturated rings. The Kier molecular flexibility index (Phi) is 5.43. The molecule has 90 valence electrons. The lowest BCUT2D eigenvalue weighted by atomic mass is 10.1. The first-order chi connectivity index (χ1) is 7.38. The summed E-state index contributed by atoms with van der Waals surface area (Å²) in [5.74, 6) is 0.896. The molecule has 0 radical (unpaired) electrons. The van der Waals surface area contributed by atoms with E-state index in [-0.39, 0.29) is 12.4 Å². The van der Waals surface area contributed by atoms with Crippen LogP contribution in [0.1, 0.15) is 12.8 Å². The molecule has 0 atom stereocenters. The molecule has 0 bridgehead atoms. The molecule has 2 rings (SSSR count). The van der Waals surface area contributed by atoms with E-state index < -0.39 is 0 Å². The number of hydrogen-bond donors (Lipinski definition) is 1. The third kappa shape index (κ3) is 3.58. The van der Waals surface area contributed by atoms with Crippen LogP contribution < -0.4 is 10.1 Å². The molecule has 3 nitrogen and oxygen atoms in total. The summed E-state index contributed by atoms with van der Waals surface area (Å²) < 4.78 is 10.4. The van der Waals surface area contributed by atoms with Gasteiger partial charge in [0.15, 0.2) is 0 Å². The van der Waals surface area contributed by atoms with E-state index in [1.165, 1.54) is 0 Å². The van der Waals surface area contributed by atoms with E-state index in [9.17, 15) is 0 Å². The van der Waals surface area contributed by atoms with Gasteiger partial charge in [0, 0.05) is 24.9 Å². The van der Waals surface area contributed by atoms with E-state index in [1.807, 2.05) is 24.3 Å². The summed E-state index contributed by atoms with van der Waals surface area (Å²) in [6.45, 7) is 1.74. The number of rotatable bonds is 3. The van der Waals surface area contributed by atoms with E-state index in [0.29, 0.717) is 6.04 Å². The third-order valence-electron chi connectivity index (χ3n) is 2.68. The van der Waals surface area contributed by atoms with E-state index in [0.717, 1.165) is 37.5 Å². The van der Waals surface area contributed by atoms with Crippen LogP contribution in [0, 0.1) is 0 Å². The molecule has 16 heavy (non-hydrogen) atoms. The predicted molar refractivity (Wildman–Crippen MR) is 67.7 cm³/mol. The molecule has 0 spiro atoms. The average Bonchev–Trinajstić information content (AvgIpc) is 2.31. The summed E-state index contributed by atoms with van der Waals surface area (Å²) in [5.41, 5.74) is 1.16. The van der Waals surface area contributed by atoms with Crippen molar-refractivity contribution >= 4 is 18.1 Å². The van der Waals surface area contributed by atoms with Crippen molar-refractivity contribution in [3.8, 4) is 5.75 Å². The van der Waals surface area contributed by atoms with Crippen LogP contribution in [0.5, 0.6) is 5.75 Å². The third-order valence-corrected chi connectivity index (χ3v) is 2.68. The van der Waals surface area contributed by atoms with E-state index in [2.05, 4.69) is 5.32 Å². The van der Waals surface area contributed by atoms with Crippen LogP contribution in [0.2, 0.25) is 0 Å². The maximum atomic E-state index is 5.31. The lowest BCUT2D eigenvalue weighted by molar-refractivity contribution is 0.0904. The standard InChI is InChI=1S/C12H17NO2.ClH/c1-14-12-4-2-10(3-5-12)13-11-6-8-15-9-7-11;/h2-5,11,13H,6-9H2,1H3;1H. The minimum Gasteiger partial charge on any atom is -0.497 e. The maximum absolute atomic E-state index is 5.31. The summed E-state index contributed by atoms with van der Waals surface area (Å²) in [7, 11) is 1.68. The number of anilines is 1. The quantitative estimate of drug-likeness (QED) is 0.886. The molecule has 1 aliphatic heterocycles. The van der Waals surface area contributed by atoms with Crippen LogP contribution in [0.4, 0.5) is 5.69 Å². The monoisotopic (exact) mass is 243 g/mol. The Morgan fingerprint density at radius 3 is 2.38 bits per heavy atom. The Balaban J connectivity index is 0.00000128. The highest BCUT2D eigenvalue weighted by Crippen LogP contribution is 2.18. The zero-order valence-electron chi connectivity index (χ0n) is 9.44. The molecule has 1 saturated heterocycles. The zero-order valence-corrected chi connectivity index (χ0v) is 10.3. The van der Waals surface area contributed by atoms with Crippen LogP contribution in [0.3, 0.4) is 0 Å². The van der Waals surface area contributed by atoms with Crippen molar-refractivity contribution in [2.45, 2.75) is 18.9 Å². The van der Waals surface area contributed by atoms with Crippen molar-refractivity contribution in [1.82, 2.24) is 0 Å². The first-order valence-corrected chi connectivity index (χ1v) is 5.37. The van der Waals surface area contributed by atoms with Crippen LogP contribution >= 0.6 is 12.4 Å². The van der Waals surface area contributed by atoms with Gasteiger partial charge < -0.3 is 14.8 Å². The normalized spacial score (nSPS) is 16.3. The molecule has 0 saturated carbocycles. The fourth-order valence-corrected chi connectivity index (χ4v) is 1.76. The Hall–Kier alpha value is -0.930. The van der Waals surface area contributed by atoms with Gasteiger partial charge in [-0.05, 0) is 37.1 Å². The van der Waals surface area contributed by atoms with Crippen molar-refractivity contribution in [2.75, 3.05) is 25.6 Å². The number of hydrogen-bond acceptors (Lipinski definition) is 3. The highest BCUT2D eigenvalue weighted by molar-refractivity contribution is 5.85. The number of benzene rings is 1. The molecule has 0 aliphatic carbocycles. The topological polar surface area (TPSA) is 30.5 Å². The predicted octanol–water partition coefficient (Wildman–Crippen LogP) is 2.71. The van der Waals surface area contributed by atoms with Crippen LogP contribution in [0.15, 0.2) is 24.3 Å². The summed E-state index contributed by atoms with van der Waals surface area (Å²) in [6, 6.07) is 8.60. The largest absolute Gasteiger partial charge is 0.497 e. The molecule has 1 heterocycles. The van der Waals surface area contributed by atoms with Gasteiger partial charge in [0.1, 0.15) is 5.75 Å². The SMILES string of the molecule is COc1ccc(NC2CCOCC2)cc1.Cl. The van der Waals surface area contributed by atoms with Gasteiger partial charge in [-0.1, -0.05) is 0 Å². The summed E-state index contributed by atoms with van der Waals surface area (Å²) in [6.07, 6.45) is 2.18. The first kappa shape index (κ1) is 13.1. The van der Waals surface area contributed by atoms with Crippen LogP contribution in [-0.4, -0.2) is 26.4 Å². The number of ether oxygens (including phenoxy) is 2. The second kappa shape index (κ2) is 6.61. The fourth-order valence-electron chi connectivity index (χ4n) is 1.76. The summed E-state index contributed by atoms with van der Waals surface area (Å²) >= 11 is 0. The Labute approximate surface area is 103 Å². The van der Waals surface area contributed by atoms with Crippen molar-refractivity contribution in [2.24, 2.45) is 0 Å². The highest BCUT2D eigenvalue weighted by atomic mass is 35.5. The van der Waals surface area contributed by atoms with Gasteiger partial charge >= 0.3 is 0 Å². The Morgan fingerprint density at radius 1 is 1.19 bits per heavy atom. The molecule has 0 amide bonds. The number of halogens is 1. The maximum Gasteiger partial charge on any atom is 0.119 e. The van der Waals surface area contributed by atoms with Gasteiger partial charge in [0.05, 0.1) is 7.11 Å². The van der Waals surface area contributed by atoms with Crippen molar-refractivity contribution in [3.05, 3.63) is 24.3 Å². The second-order valence-electron chi connectivity index (χ2n) is 3.76. The van der Waals surface area contributed by atoms with Gasteiger partial charge in [-0.15, -0.1) is 12.4 Å². The van der Waals surface area contributed by atoms with Crippen molar-refractivity contribution in [1.29, 1.82) is 0 Å². The second-order valence-corrected chi connectivity index (χ2v) is 3.76. The molecule has 4 heteroatoms. The number of methoxy groups -OCH3 is 1. The first-order valence-electron chi connectivity index (χ1n) is 5.37. The van der Waals surface area contributed by atoms with Gasteiger partial charge in [-0.3, -0.25) is 0 Å². The molecule has 0 aromatic heterocycles. The summed E-state index contributed by atoms with van der Waals surface area (Å²) in [5, 5.41) is 3.50. The van der Waals surface area contributed by atoms with Gasteiger partial charge in [-0.25, -0.2) is 0 Å². The van der Waals surface area contributed by atoms with Gasteiger partial charge in [0.25, 0.3) is 0 Å². The minimum absolute atomic E-state index is 0. The van der Waals surface area contributed by atoms with Gasteiger partial charge in [-0.2, -0.15) is 0 Å². The molecule has 1 aromatic rings. The van der Waals surface area contributed by atoms with Crippen molar-refractivity contribution in [3.63, 3.8) is 0 Å². The molecule has 1 aromatic carbocycles.